The maximum absolute atomic E-state index is 10.3. The zero-order valence-electron chi connectivity index (χ0n) is 10.4. The second-order valence-corrected chi connectivity index (χ2v) is 5.48. The van der Waals surface area contributed by atoms with Crippen molar-refractivity contribution in [3.8, 4) is 0 Å². The first-order valence-electron chi connectivity index (χ1n) is 6.84. The van der Waals surface area contributed by atoms with Gasteiger partial charge in [-0.2, -0.15) is 0 Å². The molecular formula is C15H21NO. The molecule has 92 valence electrons. The van der Waals surface area contributed by atoms with Gasteiger partial charge in [0.15, 0.2) is 0 Å². The van der Waals surface area contributed by atoms with Crippen molar-refractivity contribution in [3.05, 3.63) is 29.3 Å². The van der Waals surface area contributed by atoms with Crippen LogP contribution in [0.1, 0.15) is 37.3 Å². The van der Waals surface area contributed by atoms with Crippen molar-refractivity contribution in [1.29, 1.82) is 0 Å². The Balaban J connectivity index is 1.84. The van der Waals surface area contributed by atoms with Gasteiger partial charge in [-0.05, 0) is 42.4 Å². The van der Waals surface area contributed by atoms with Crippen molar-refractivity contribution >= 4 is 5.69 Å². The molecule has 2 heteroatoms. The van der Waals surface area contributed by atoms with Crippen LogP contribution in [0.15, 0.2) is 18.2 Å². The molecule has 2 atom stereocenters. The monoisotopic (exact) mass is 231 g/mol. The molecule has 2 nitrogen and oxygen atoms in total. The van der Waals surface area contributed by atoms with E-state index in [0.29, 0.717) is 5.92 Å². The van der Waals surface area contributed by atoms with Gasteiger partial charge in [0.05, 0.1) is 12.1 Å². The normalized spacial score (nSPS) is 28.1. The van der Waals surface area contributed by atoms with E-state index < -0.39 is 0 Å². The number of nitrogens with one attached hydrogen (secondary N) is 1. The maximum Gasteiger partial charge on any atom is 0.0784 e. The standard InChI is InChI=1S/C15H21NO/c1-2-10-6-7-13-12(8-10)9-14(17)15(16-13)11-4-3-5-11/h6-8,11,14-17H,2-5,9H2,1H3. The summed E-state index contributed by atoms with van der Waals surface area (Å²) in [6.45, 7) is 2.17. The third-order valence-corrected chi connectivity index (χ3v) is 4.40. The molecule has 1 aliphatic carbocycles. The predicted octanol–water partition coefficient (Wildman–Crippen LogP) is 2.75. The SMILES string of the molecule is CCc1ccc2c(c1)CC(O)C(C1CCC1)N2. The summed E-state index contributed by atoms with van der Waals surface area (Å²) >= 11 is 0. The van der Waals surface area contributed by atoms with Crippen LogP contribution < -0.4 is 5.32 Å². The highest BCUT2D eigenvalue weighted by Crippen LogP contribution is 2.37. The Morgan fingerprint density at radius 3 is 2.82 bits per heavy atom. The summed E-state index contributed by atoms with van der Waals surface area (Å²) < 4.78 is 0. The fourth-order valence-corrected chi connectivity index (χ4v) is 3.04. The van der Waals surface area contributed by atoms with Crippen LogP contribution in [-0.4, -0.2) is 17.3 Å². The van der Waals surface area contributed by atoms with Gasteiger partial charge in [-0.25, -0.2) is 0 Å². The van der Waals surface area contributed by atoms with Gasteiger partial charge in [0.25, 0.3) is 0 Å². The van der Waals surface area contributed by atoms with E-state index in [1.165, 1.54) is 36.1 Å². The number of fused-ring (bicyclic) bond motifs is 1. The second-order valence-electron chi connectivity index (χ2n) is 5.48. The molecule has 0 radical (unpaired) electrons. The number of aryl methyl sites for hydroxylation is 1. The first-order valence-corrected chi connectivity index (χ1v) is 6.84. The Labute approximate surface area is 103 Å². The van der Waals surface area contributed by atoms with Gasteiger partial charge in [-0.3, -0.25) is 0 Å². The van der Waals surface area contributed by atoms with E-state index in [9.17, 15) is 5.11 Å². The van der Waals surface area contributed by atoms with Crippen LogP contribution in [-0.2, 0) is 12.8 Å². The van der Waals surface area contributed by atoms with Crippen molar-refractivity contribution < 1.29 is 5.11 Å². The number of anilines is 1. The average Bonchev–Trinajstić information content (AvgIpc) is 2.27. The molecule has 1 fully saturated rings. The summed E-state index contributed by atoms with van der Waals surface area (Å²) in [6.07, 6.45) is 5.55. The summed E-state index contributed by atoms with van der Waals surface area (Å²) in [5.41, 5.74) is 3.89. The Hall–Kier alpha value is -1.02. The van der Waals surface area contributed by atoms with Gasteiger partial charge in [0.1, 0.15) is 0 Å². The molecule has 0 amide bonds. The van der Waals surface area contributed by atoms with Crippen LogP contribution >= 0.6 is 0 Å². The van der Waals surface area contributed by atoms with Crippen LogP contribution in [0.3, 0.4) is 0 Å². The molecular weight excluding hydrogens is 210 g/mol. The quantitative estimate of drug-likeness (QED) is 0.820. The smallest absolute Gasteiger partial charge is 0.0784 e. The minimum absolute atomic E-state index is 0.208. The van der Waals surface area contributed by atoms with E-state index >= 15 is 0 Å². The van der Waals surface area contributed by atoms with Gasteiger partial charge in [-0.15, -0.1) is 0 Å². The highest BCUT2D eigenvalue weighted by Gasteiger charge is 2.35. The van der Waals surface area contributed by atoms with Crippen molar-refractivity contribution in [2.75, 3.05) is 5.32 Å². The second kappa shape index (κ2) is 4.34. The molecule has 0 saturated heterocycles. The molecule has 1 aliphatic heterocycles. The topological polar surface area (TPSA) is 32.3 Å². The Bertz CT molecular complexity index is 411. The Morgan fingerprint density at radius 2 is 2.18 bits per heavy atom. The molecule has 2 aliphatic rings. The van der Waals surface area contributed by atoms with Crippen LogP contribution in [0.25, 0.3) is 0 Å². The number of hydrogen-bond acceptors (Lipinski definition) is 2. The van der Waals surface area contributed by atoms with Gasteiger partial charge < -0.3 is 10.4 Å². The van der Waals surface area contributed by atoms with E-state index in [1.54, 1.807) is 0 Å². The molecule has 1 saturated carbocycles. The highest BCUT2D eigenvalue weighted by atomic mass is 16.3. The summed E-state index contributed by atoms with van der Waals surface area (Å²) in [4.78, 5) is 0. The molecule has 1 aromatic rings. The number of hydrogen-bond donors (Lipinski definition) is 2. The van der Waals surface area contributed by atoms with Crippen molar-refractivity contribution in [1.82, 2.24) is 0 Å². The molecule has 0 aromatic heterocycles. The van der Waals surface area contributed by atoms with E-state index in [-0.39, 0.29) is 12.1 Å². The Kier molecular flexibility index (Phi) is 2.83. The molecule has 1 aromatic carbocycles. The predicted molar refractivity (Wildman–Crippen MR) is 70.3 cm³/mol. The maximum atomic E-state index is 10.3. The lowest BCUT2D eigenvalue weighted by atomic mass is 9.75. The molecule has 1 heterocycles. The fraction of sp³-hybridized carbons (Fsp3) is 0.600. The summed E-state index contributed by atoms with van der Waals surface area (Å²) in [5.74, 6) is 0.684. The summed E-state index contributed by atoms with van der Waals surface area (Å²) in [5, 5.41) is 13.8. The molecule has 2 unspecified atom stereocenters. The number of rotatable bonds is 2. The van der Waals surface area contributed by atoms with Crippen LogP contribution in [0, 0.1) is 5.92 Å². The van der Waals surface area contributed by atoms with Gasteiger partial charge in [0.2, 0.25) is 0 Å². The van der Waals surface area contributed by atoms with Crippen LogP contribution in [0.2, 0.25) is 0 Å². The molecule has 2 N–H and O–H groups in total. The van der Waals surface area contributed by atoms with E-state index in [4.69, 9.17) is 0 Å². The zero-order chi connectivity index (χ0) is 11.8. The average molecular weight is 231 g/mol. The lowest BCUT2D eigenvalue weighted by Gasteiger charge is -2.41. The summed E-state index contributed by atoms with van der Waals surface area (Å²) in [6, 6.07) is 6.90. The first kappa shape index (κ1) is 11.1. The van der Waals surface area contributed by atoms with Crippen molar-refractivity contribution in [2.24, 2.45) is 5.92 Å². The van der Waals surface area contributed by atoms with Gasteiger partial charge in [0, 0.05) is 12.1 Å². The van der Waals surface area contributed by atoms with Crippen LogP contribution in [0.4, 0.5) is 5.69 Å². The van der Waals surface area contributed by atoms with E-state index in [1.807, 2.05) is 0 Å². The highest BCUT2D eigenvalue weighted by molar-refractivity contribution is 5.56. The van der Waals surface area contributed by atoms with Crippen molar-refractivity contribution in [3.63, 3.8) is 0 Å². The molecule has 0 bridgehead atoms. The van der Waals surface area contributed by atoms with E-state index in [0.717, 1.165) is 12.8 Å². The largest absolute Gasteiger partial charge is 0.391 e. The number of benzene rings is 1. The summed E-state index contributed by atoms with van der Waals surface area (Å²) in [7, 11) is 0. The number of aliphatic hydroxyl groups is 1. The lowest BCUT2D eigenvalue weighted by molar-refractivity contribution is 0.0961. The van der Waals surface area contributed by atoms with E-state index in [2.05, 4.69) is 30.4 Å². The zero-order valence-corrected chi connectivity index (χ0v) is 10.4. The molecule has 0 spiro atoms. The van der Waals surface area contributed by atoms with Crippen molar-refractivity contribution in [2.45, 2.75) is 51.2 Å². The van der Waals surface area contributed by atoms with Gasteiger partial charge in [-0.1, -0.05) is 25.5 Å². The minimum Gasteiger partial charge on any atom is -0.391 e. The lowest BCUT2D eigenvalue weighted by Crippen LogP contribution is -2.46. The minimum atomic E-state index is -0.208. The fourth-order valence-electron chi connectivity index (χ4n) is 3.04. The molecule has 17 heavy (non-hydrogen) atoms. The van der Waals surface area contributed by atoms with Gasteiger partial charge >= 0.3 is 0 Å². The third-order valence-electron chi connectivity index (χ3n) is 4.40. The first-order chi connectivity index (χ1) is 8.28. The van der Waals surface area contributed by atoms with Crippen LogP contribution in [0.5, 0.6) is 0 Å². The number of aliphatic hydroxyl groups excluding tert-OH is 1. The Morgan fingerprint density at radius 1 is 1.35 bits per heavy atom. The third kappa shape index (κ3) is 1.95. The molecule has 3 rings (SSSR count).